The van der Waals surface area contributed by atoms with Gasteiger partial charge in [0.15, 0.2) is 0 Å². The van der Waals surface area contributed by atoms with Crippen molar-refractivity contribution < 1.29 is 8.17 Å². The first-order valence-corrected chi connectivity index (χ1v) is 24.5. The van der Waals surface area contributed by atoms with Crippen molar-refractivity contribution in [2.45, 2.75) is 78.9 Å². The second-order valence-corrected chi connectivity index (χ2v) is 29.5. The van der Waals surface area contributed by atoms with E-state index in [2.05, 4.69) is 34.5 Å². The van der Waals surface area contributed by atoms with Gasteiger partial charge < -0.3 is 0 Å². The summed E-state index contributed by atoms with van der Waals surface area (Å²) in [6, 6.07) is 30.3. The minimum absolute atomic E-state index is 0. The first kappa shape index (κ1) is 38.4. The van der Waals surface area contributed by atoms with Crippen LogP contribution in [-0.4, -0.2) is 28.7 Å². The number of aryl methyl sites for hydroxylation is 3. The summed E-state index contributed by atoms with van der Waals surface area (Å²) in [6.45, 7) is 8.42. The third-order valence-electron chi connectivity index (χ3n) is 8.85. The van der Waals surface area contributed by atoms with Gasteiger partial charge in [0.05, 0.1) is 0 Å². The van der Waals surface area contributed by atoms with Crippen molar-refractivity contribution in [1.29, 1.82) is 0 Å². The quantitative estimate of drug-likeness (QED) is 0.0975. The maximum absolute atomic E-state index is 8.53. The zero-order chi connectivity index (χ0) is 34.5. The average Bonchev–Trinajstić information content (AvgIpc) is 3.89. The number of rotatable bonds is 15. The molecule has 6 aromatic rings. The minimum Gasteiger partial charge on any atom is -0.153 e. The average molecular weight is 790 g/mol. The van der Waals surface area contributed by atoms with Crippen LogP contribution in [-0.2, 0) is 27.8 Å². The van der Waals surface area contributed by atoms with Crippen LogP contribution in [0.25, 0.3) is 33.8 Å². The first-order chi connectivity index (χ1) is 23.6. The van der Waals surface area contributed by atoms with E-state index < -0.39 is 8.17 Å². The van der Waals surface area contributed by atoms with Crippen LogP contribution in [0.1, 0.15) is 59.3 Å². The van der Waals surface area contributed by atoms with Gasteiger partial charge in [0.1, 0.15) is 0 Å². The predicted molar refractivity (Wildman–Crippen MR) is 215 cm³/mol. The molecule has 0 spiro atoms. The molecule has 0 aliphatic rings. The second-order valence-electron chi connectivity index (χ2n) is 12.6. The summed E-state index contributed by atoms with van der Waals surface area (Å²) in [5.74, 6) is 0. The molecule has 3 aromatic heterocycles. The van der Waals surface area contributed by atoms with Crippen molar-refractivity contribution in [2.75, 3.05) is 0 Å². The van der Waals surface area contributed by atoms with Gasteiger partial charge in [-0.3, -0.25) is 0 Å². The molecule has 0 aliphatic heterocycles. The van der Waals surface area contributed by atoms with Gasteiger partial charge in [-0.1, -0.05) is 0 Å². The van der Waals surface area contributed by atoms with Gasteiger partial charge in [-0.05, 0) is 0 Å². The maximum atomic E-state index is 8.53. The molecule has 0 N–H and O–H groups in total. The molecule has 50 heavy (non-hydrogen) atoms. The largest absolute Gasteiger partial charge is 0.153 e. The zero-order valence-corrected chi connectivity index (χ0v) is 34.1. The second kappa shape index (κ2) is 15.4. The molecule has 0 saturated carbocycles. The smallest absolute Gasteiger partial charge is 0.153 e. The predicted octanol–water partition coefficient (Wildman–Crippen LogP) is 9.70. The van der Waals surface area contributed by atoms with Gasteiger partial charge in [-0.2, -0.15) is 9.90 Å². The van der Waals surface area contributed by atoms with Crippen LogP contribution in [0.4, 0.5) is 0 Å². The molecule has 6 nitrogen and oxygen atoms in total. The Hall–Kier alpha value is -2.88. The van der Waals surface area contributed by atoms with Crippen molar-refractivity contribution >= 4 is 54.1 Å². The summed E-state index contributed by atoms with van der Waals surface area (Å²) >= 11 is 0. The van der Waals surface area contributed by atoms with E-state index in [9.17, 15) is 0 Å². The van der Waals surface area contributed by atoms with E-state index in [1.165, 1.54) is 0 Å². The van der Waals surface area contributed by atoms with E-state index in [1.807, 2.05) is 110 Å². The van der Waals surface area contributed by atoms with E-state index in [0.29, 0.717) is 33.7 Å². The molecule has 0 aliphatic carbocycles. The number of imidazole rings is 3. The fraction of sp³-hybridized carbons (Fsp3) is 0.308. The van der Waals surface area contributed by atoms with Crippen molar-refractivity contribution in [2.24, 2.45) is 0 Å². The molecule has 11 heteroatoms. The van der Waals surface area contributed by atoms with Crippen LogP contribution in [0, 0.1) is 0 Å². The minimum atomic E-state index is -6.41. The first-order valence-electron chi connectivity index (χ1n) is 17.3. The number of aromatic nitrogens is 6. The number of benzene rings is 3. The number of hydrogen-bond acceptors (Lipinski definition) is 3. The van der Waals surface area contributed by atoms with Crippen LogP contribution in [0.5, 0.6) is 0 Å². The summed E-state index contributed by atoms with van der Waals surface area (Å²) < 4.78 is 7.48. The molecule has 6 rings (SSSR count). The number of unbranched alkanes of at least 4 members (excludes halogenated alkanes) is 3. The van der Waals surface area contributed by atoms with Gasteiger partial charge in [-0.15, -0.1) is 0 Å². The van der Waals surface area contributed by atoms with Crippen molar-refractivity contribution in [3.63, 3.8) is 0 Å². The van der Waals surface area contributed by atoms with E-state index in [1.54, 1.807) is 0 Å². The SMILES string of the molecule is CCCCn1cc(-c2ccccc2)n[c]1[Cr]([Cl])([Cl])([Cl])([c]1nc(-c2ccccc2)cn1CCCC)[c]1nc(-c2ccccc2)cn1CCCC.P. The van der Waals surface area contributed by atoms with E-state index in [4.69, 9.17) is 45.1 Å². The normalized spacial score (nSPS) is 13.1. The summed E-state index contributed by atoms with van der Waals surface area (Å²) in [4.78, 5) is 16.0. The molecule has 0 fully saturated rings. The molecule has 0 amide bonds. The van der Waals surface area contributed by atoms with Gasteiger partial charge in [0.2, 0.25) is 0 Å². The summed E-state index contributed by atoms with van der Waals surface area (Å²) in [6.07, 6.45) is 11.7. The fourth-order valence-corrected chi connectivity index (χ4v) is 15.9. The third-order valence-corrected chi connectivity index (χ3v) is 19.2. The zero-order valence-electron chi connectivity index (χ0n) is 29.2. The number of hydrogen-bond donors (Lipinski definition) is 0. The fourth-order valence-electron chi connectivity index (χ4n) is 6.19. The van der Waals surface area contributed by atoms with Gasteiger partial charge >= 0.3 is 303 Å². The van der Waals surface area contributed by atoms with Gasteiger partial charge in [-0.25, -0.2) is 0 Å². The van der Waals surface area contributed by atoms with Crippen molar-refractivity contribution in [1.82, 2.24) is 28.7 Å². The molecule has 1 unspecified atom stereocenters. The molecular weight excluding hydrogens is 742 g/mol. The maximum Gasteiger partial charge on any atom is -0.153 e. The van der Waals surface area contributed by atoms with E-state index in [0.717, 1.165) is 72.3 Å². The van der Waals surface area contributed by atoms with Crippen LogP contribution in [0.2, 0.25) is 0 Å². The summed E-state index contributed by atoms with van der Waals surface area (Å²) in [5.41, 5.74) is 5.12. The molecular formula is C39H48Cl3CrN6P. The summed E-state index contributed by atoms with van der Waals surface area (Å²) in [5, 5.41) is 0. The Balaban J connectivity index is 0.00000486. The molecule has 3 heterocycles. The van der Waals surface area contributed by atoms with E-state index in [-0.39, 0.29) is 9.90 Å². The summed E-state index contributed by atoms with van der Waals surface area (Å²) in [7, 11) is 19.2. The Morgan fingerprint density at radius 3 is 0.960 bits per heavy atom. The van der Waals surface area contributed by atoms with Crippen LogP contribution < -0.4 is 14.1 Å². The molecule has 1 atom stereocenters. The van der Waals surface area contributed by atoms with Crippen molar-refractivity contribution in [3.05, 3.63) is 110 Å². The molecule has 3 aromatic carbocycles. The van der Waals surface area contributed by atoms with Crippen molar-refractivity contribution in [3.8, 4) is 33.8 Å². The monoisotopic (exact) mass is 788 g/mol. The van der Waals surface area contributed by atoms with Crippen LogP contribution >= 0.6 is 40.0 Å². The van der Waals surface area contributed by atoms with E-state index >= 15 is 0 Å². The Morgan fingerprint density at radius 1 is 0.460 bits per heavy atom. The Bertz CT molecular complexity index is 1790. The Morgan fingerprint density at radius 2 is 0.720 bits per heavy atom. The Kier molecular flexibility index (Phi) is 11.8. The number of halogens is 3. The molecule has 0 radical (unpaired) electrons. The third kappa shape index (κ3) is 7.11. The number of nitrogens with zero attached hydrogens (tertiary/aromatic N) is 6. The van der Waals surface area contributed by atoms with Crippen LogP contribution in [0.3, 0.4) is 0 Å². The molecule has 0 bridgehead atoms. The van der Waals surface area contributed by atoms with Gasteiger partial charge in [0, 0.05) is 0 Å². The van der Waals surface area contributed by atoms with Gasteiger partial charge in [0.25, 0.3) is 0 Å². The van der Waals surface area contributed by atoms with Crippen LogP contribution in [0.15, 0.2) is 110 Å². The Labute approximate surface area is 311 Å². The standard InChI is InChI=1S/3C13H15N2.3ClH.Cr.H3P/c3*1-2-3-9-15-10-13(14-11-15)12-7-5-4-6-8-12;;;;;/h3*4-8,10H,2-3,9H2,1H3;3*1H;;1H3/q;;;;;;+3;/p-3. The molecule has 266 valence electrons. The topological polar surface area (TPSA) is 53.5 Å². The molecule has 0 saturated heterocycles.